The number of hydrogen-bond acceptors (Lipinski definition) is 2. The first-order valence-corrected chi connectivity index (χ1v) is 24.2. The molecule has 2 heterocycles. The van der Waals surface area contributed by atoms with E-state index in [9.17, 15) is 0 Å². The minimum absolute atomic E-state index is 0.566. The summed E-state index contributed by atoms with van der Waals surface area (Å²) in [4.78, 5) is 2.41. The van der Waals surface area contributed by atoms with Crippen molar-refractivity contribution in [1.82, 2.24) is 4.57 Å². The third-order valence-corrected chi connectivity index (χ3v) is 15.2. The van der Waals surface area contributed by atoms with Gasteiger partial charge in [-0.05, 0) is 146 Å². The maximum atomic E-state index is 6.50. The highest BCUT2D eigenvalue weighted by Gasteiger charge is 2.52. The fraction of sp³-hybridized carbons (Fsp3) is 0.0149. The molecule has 0 aliphatic heterocycles. The Labute approximate surface area is 405 Å². The summed E-state index contributed by atoms with van der Waals surface area (Å²) < 4.78 is 8.96. The van der Waals surface area contributed by atoms with Crippen LogP contribution in [-0.2, 0) is 5.41 Å². The molecular weight excluding hydrogens is 849 g/mol. The molecule has 0 fully saturated rings. The van der Waals surface area contributed by atoms with Crippen LogP contribution in [0.5, 0.6) is 0 Å². The van der Waals surface area contributed by atoms with Gasteiger partial charge in [-0.25, -0.2) is 0 Å². The summed E-state index contributed by atoms with van der Waals surface area (Å²) in [5, 5.41) is 4.73. The Hall–Kier alpha value is -9.18. The van der Waals surface area contributed by atoms with Gasteiger partial charge in [-0.1, -0.05) is 176 Å². The van der Waals surface area contributed by atoms with Crippen LogP contribution in [0.4, 0.5) is 17.1 Å². The molecule has 3 heteroatoms. The summed E-state index contributed by atoms with van der Waals surface area (Å²) in [5.41, 5.74) is 23.1. The molecule has 1 spiro atoms. The van der Waals surface area contributed by atoms with Gasteiger partial charge in [0.2, 0.25) is 0 Å². The second kappa shape index (κ2) is 14.9. The first kappa shape index (κ1) is 38.9. The van der Waals surface area contributed by atoms with Crippen LogP contribution < -0.4 is 4.90 Å². The lowest BCUT2D eigenvalue weighted by Crippen LogP contribution is -2.26. The first-order chi connectivity index (χ1) is 34.7. The third-order valence-electron chi connectivity index (χ3n) is 15.2. The van der Waals surface area contributed by atoms with E-state index in [1.165, 1.54) is 88.6 Å². The van der Waals surface area contributed by atoms with E-state index in [2.05, 4.69) is 264 Å². The van der Waals surface area contributed by atoms with E-state index in [1.54, 1.807) is 0 Å². The van der Waals surface area contributed by atoms with Crippen LogP contribution in [0.25, 0.3) is 93.9 Å². The Morgan fingerprint density at radius 3 is 1.66 bits per heavy atom. The van der Waals surface area contributed by atoms with Crippen molar-refractivity contribution >= 4 is 60.8 Å². The largest absolute Gasteiger partial charge is 0.456 e. The molecule has 0 saturated heterocycles. The normalized spacial score (nSPS) is 14.3. The number of nitrogens with zero attached hydrogens (tertiary/aromatic N) is 2. The topological polar surface area (TPSA) is 21.3 Å². The molecule has 0 bridgehead atoms. The maximum absolute atomic E-state index is 6.50. The minimum atomic E-state index is -0.566. The Kier molecular flexibility index (Phi) is 8.28. The van der Waals surface area contributed by atoms with Gasteiger partial charge in [0.1, 0.15) is 11.2 Å². The fourth-order valence-corrected chi connectivity index (χ4v) is 12.3. The van der Waals surface area contributed by atoms with Crippen LogP contribution in [0.2, 0.25) is 0 Å². The summed E-state index contributed by atoms with van der Waals surface area (Å²) in [6.07, 6.45) is 0. The molecule has 1 unspecified atom stereocenters. The van der Waals surface area contributed by atoms with E-state index < -0.39 is 5.41 Å². The lowest BCUT2D eigenvalue weighted by atomic mass is 9.70. The van der Waals surface area contributed by atoms with Crippen LogP contribution in [0.3, 0.4) is 0 Å². The summed E-state index contributed by atoms with van der Waals surface area (Å²) in [6, 6.07) is 93.5. The van der Waals surface area contributed by atoms with E-state index in [-0.39, 0.29) is 0 Å². The molecule has 0 amide bonds. The highest BCUT2D eigenvalue weighted by molar-refractivity contribution is 6.19. The number of anilines is 3. The molecule has 0 radical (unpaired) electrons. The maximum Gasteiger partial charge on any atom is 0.135 e. The van der Waals surface area contributed by atoms with Gasteiger partial charge in [0.05, 0.1) is 16.4 Å². The van der Waals surface area contributed by atoms with E-state index >= 15 is 0 Å². The Bertz CT molecular complexity index is 4220. The fourth-order valence-electron chi connectivity index (χ4n) is 12.3. The van der Waals surface area contributed by atoms with Crippen LogP contribution in [0.1, 0.15) is 22.3 Å². The summed E-state index contributed by atoms with van der Waals surface area (Å²) in [7, 11) is 0. The van der Waals surface area contributed by atoms with Gasteiger partial charge in [-0.2, -0.15) is 0 Å². The minimum Gasteiger partial charge on any atom is -0.456 e. The molecule has 1 atom stereocenters. The van der Waals surface area contributed by atoms with E-state index in [0.29, 0.717) is 0 Å². The van der Waals surface area contributed by atoms with Crippen molar-refractivity contribution in [1.29, 1.82) is 0 Å². The number of fused-ring (bicyclic) bond motifs is 17. The molecule has 13 aromatic rings. The predicted octanol–water partition coefficient (Wildman–Crippen LogP) is 17.8. The monoisotopic (exact) mass is 890 g/mol. The standard InChI is InChI=1S/C67H42N2O/c1-4-16-43(17-5-1)45-28-31-48(32-29-45)69-61-27-15-12-24-54(61)66-62(69)37-36-59-65(66)53-23-11-14-26-58(53)67(59)57-25-13-10-22-51(57)52-35-33-50(42-60(52)67)68(47-20-8-3-9-21-47)49-34-39-64-56(41-49)55-40-46(30-38-63(55)70-64)44-18-6-2-7-19-44/h1-42H. The van der Waals surface area contributed by atoms with Crippen LogP contribution in [0.15, 0.2) is 259 Å². The molecular formula is C67H42N2O. The second-order valence-electron chi connectivity index (χ2n) is 18.7. The zero-order valence-electron chi connectivity index (χ0n) is 38.1. The highest BCUT2D eigenvalue weighted by Crippen LogP contribution is 2.65. The number of para-hydroxylation sites is 2. The molecule has 0 saturated carbocycles. The van der Waals surface area contributed by atoms with E-state index in [1.807, 2.05) is 0 Å². The molecule has 2 aliphatic rings. The molecule has 2 aliphatic carbocycles. The van der Waals surface area contributed by atoms with Gasteiger partial charge in [0.15, 0.2) is 0 Å². The SMILES string of the molecule is c1ccc(-c2ccc(-n3c4ccccc4c4c5c(ccc43)C3(c4ccccc4-c4ccc(N(c6ccccc6)c6ccc7oc8ccc(-c9ccccc9)cc8c7c6)cc43)c3ccccc3-5)cc2)cc1. The predicted molar refractivity (Wildman–Crippen MR) is 290 cm³/mol. The summed E-state index contributed by atoms with van der Waals surface area (Å²) in [6.45, 7) is 0. The van der Waals surface area contributed by atoms with Crippen molar-refractivity contribution in [2.45, 2.75) is 5.41 Å². The number of benzene rings is 11. The van der Waals surface area contributed by atoms with E-state index in [4.69, 9.17) is 4.42 Å². The number of furan rings is 1. The Morgan fingerprint density at radius 1 is 0.329 bits per heavy atom. The van der Waals surface area contributed by atoms with Gasteiger partial charge < -0.3 is 13.9 Å². The quantitative estimate of drug-likeness (QED) is 0.166. The first-order valence-electron chi connectivity index (χ1n) is 24.2. The van der Waals surface area contributed by atoms with Crippen molar-refractivity contribution in [3.05, 3.63) is 277 Å². The molecule has 3 nitrogen and oxygen atoms in total. The zero-order chi connectivity index (χ0) is 45.9. The van der Waals surface area contributed by atoms with Crippen LogP contribution in [-0.4, -0.2) is 4.57 Å². The average Bonchev–Trinajstić information content (AvgIpc) is 4.15. The number of aromatic nitrogens is 1. The Morgan fingerprint density at radius 2 is 0.886 bits per heavy atom. The van der Waals surface area contributed by atoms with Crippen molar-refractivity contribution in [3.63, 3.8) is 0 Å². The molecule has 0 N–H and O–H groups in total. The van der Waals surface area contributed by atoms with Crippen molar-refractivity contribution in [2.75, 3.05) is 4.90 Å². The molecule has 2 aromatic heterocycles. The lowest BCUT2D eigenvalue weighted by Gasteiger charge is -2.32. The summed E-state index contributed by atoms with van der Waals surface area (Å²) in [5.74, 6) is 0. The summed E-state index contributed by atoms with van der Waals surface area (Å²) >= 11 is 0. The zero-order valence-corrected chi connectivity index (χ0v) is 38.1. The number of hydrogen-bond donors (Lipinski definition) is 0. The van der Waals surface area contributed by atoms with Crippen molar-refractivity contribution in [3.8, 4) is 50.2 Å². The Balaban J connectivity index is 0.954. The van der Waals surface area contributed by atoms with Crippen molar-refractivity contribution < 1.29 is 4.42 Å². The highest BCUT2D eigenvalue weighted by atomic mass is 16.3. The number of rotatable bonds is 6. The molecule has 326 valence electrons. The van der Waals surface area contributed by atoms with E-state index in [0.717, 1.165) is 44.7 Å². The van der Waals surface area contributed by atoms with Gasteiger partial charge in [-0.3, -0.25) is 0 Å². The molecule has 15 rings (SSSR count). The third kappa shape index (κ3) is 5.46. The van der Waals surface area contributed by atoms with Gasteiger partial charge in [-0.15, -0.1) is 0 Å². The van der Waals surface area contributed by atoms with Gasteiger partial charge in [0, 0.05) is 44.3 Å². The van der Waals surface area contributed by atoms with Gasteiger partial charge in [0.25, 0.3) is 0 Å². The molecule has 70 heavy (non-hydrogen) atoms. The average molecular weight is 891 g/mol. The van der Waals surface area contributed by atoms with Crippen LogP contribution >= 0.6 is 0 Å². The lowest BCUT2D eigenvalue weighted by molar-refractivity contribution is 0.669. The second-order valence-corrected chi connectivity index (χ2v) is 18.7. The molecule has 11 aromatic carbocycles. The van der Waals surface area contributed by atoms with Gasteiger partial charge >= 0.3 is 0 Å². The van der Waals surface area contributed by atoms with Crippen molar-refractivity contribution in [2.24, 2.45) is 0 Å². The smallest absolute Gasteiger partial charge is 0.135 e. The van der Waals surface area contributed by atoms with Crippen LogP contribution in [0, 0.1) is 0 Å².